The molecule has 5 heteroatoms. The highest BCUT2D eigenvalue weighted by molar-refractivity contribution is 5.83. The van der Waals surface area contributed by atoms with Gasteiger partial charge in [0.15, 0.2) is 0 Å². The molecule has 0 aliphatic carbocycles. The van der Waals surface area contributed by atoms with Gasteiger partial charge in [0.2, 0.25) is 0 Å². The van der Waals surface area contributed by atoms with E-state index in [9.17, 15) is 14.7 Å². The molecule has 1 heterocycles. The fraction of sp³-hybridized carbons (Fsp3) is 0.875. The summed E-state index contributed by atoms with van der Waals surface area (Å²) in [6.45, 7) is 10.6. The Labute approximate surface area is 128 Å². The number of carbonyl (C=O) groups is 2. The number of carboxylic acid groups (broad SMARTS) is 1. The van der Waals surface area contributed by atoms with Crippen LogP contribution in [-0.4, -0.2) is 40.6 Å². The first kappa shape index (κ1) is 17.8. The minimum absolute atomic E-state index is 0.0620. The van der Waals surface area contributed by atoms with Crippen LogP contribution in [0.3, 0.4) is 0 Å². The number of carboxylic acids is 1. The van der Waals surface area contributed by atoms with Gasteiger partial charge in [0.25, 0.3) is 0 Å². The summed E-state index contributed by atoms with van der Waals surface area (Å²) in [5.74, 6) is -0.486. The molecule has 0 aromatic heterocycles. The summed E-state index contributed by atoms with van der Waals surface area (Å²) < 4.78 is 0. The molecule has 1 fully saturated rings. The summed E-state index contributed by atoms with van der Waals surface area (Å²) in [6, 6.07) is -0.929. The molecule has 0 saturated carbocycles. The topological polar surface area (TPSA) is 69.6 Å². The summed E-state index contributed by atoms with van der Waals surface area (Å²) >= 11 is 0. The number of nitrogens with zero attached hydrogens (tertiary/aromatic N) is 1. The molecule has 2 N–H and O–H groups in total. The number of likely N-dealkylation sites (tertiary alicyclic amines) is 1. The van der Waals surface area contributed by atoms with Crippen LogP contribution in [0.25, 0.3) is 0 Å². The van der Waals surface area contributed by atoms with E-state index in [1.807, 2.05) is 20.8 Å². The highest BCUT2D eigenvalue weighted by atomic mass is 16.4. The number of amides is 2. The molecule has 2 unspecified atom stereocenters. The van der Waals surface area contributed by atoms with Crippen LogP contribution in [0, 0.1) is 11.3 Å². The lowest BCUT2D eigenvalue weighted by atomic mass is 9.76. The van der Waals surface area contributed by atoms with Crippen molar-refractivity contribution >= 4 is 12.0 Å². The van der Waals surface area contributed by atoms with Gasteiger partial charge in [0.1, 0.15) is 6.04 Å². The van der Waals surface area contributed by atoms with Crippen molar-refractivity contribution in [3.05, 3.63) is 0 Å². The molecule has 1 aliphatic rings. The van der Waals surface area contributed by atoms with E-state index >= 15 is 0 Å². The average molecular weight is 298 g/mol. The predicted molar refractivity (Wildman–Crippen MR) is 83.2 cm³/mol. The SMILES string of the molecule is CCC(CC)C(C)NC(=O)N1CCCC(C)(C)C1C(=O)O. The van der Waals surface area contributed by atoms with Crippen molar-refractivity contribution in [2.75, 3.05) is 6.54 Å². The number of hydrogen-bond acceptors (Lipinski definition) is 2. The van der Waals surface area contributed by atoms with Gasteiger partial charge in [-0.25, -0.2) is 9.59 Å². The maximum atomic E-state index is 12.5. The van der Waals surface area contributed by atoms with Crippen LogP contribution in [0.4, 0.5) is 4.79 Å². The van der Waals surface area contributed by atoms with Crippen LogP contribution in [0.2, 0.25) is 0 Å². The van der Waals surface area contributed by atoms with Crippen LogP contribution < -0.4 is 5.32 Å². The van der Waals surface area contributed by atoms with Crippen molar-refractivity contribution in [2.45, 2.75) is 72.4 Å². The third-order valence-electron chi connectivity index (χ3n) is 4.87. The largest absolute Gasteiger partial charge is 0.480 e. The van der Waals surface area contributed by atoms with Crippen molar-refractivity contribution < 1.29 is 14.7 Å². The van der Waals surface area contributed by atoms with Crippen LogP contribution >= 0.6 is 0 Å². The zero-order valence-corrected chi connectivity index (χ0v) is 14.0. The van der Waals surface area contributed by atoms with Gasteiger partial charge in [-0.15, -0.1) is 0 Å². The summed E-state index contributed by atoms with van der Waals surface area (Å²) in [6.07, 6.45) is 3.69. The molecule has 1 aliphatic heterocycles. The minimum Gasteiger partial charge on any atom is -0.480 e. The van der Waals surface area contributed by atoms with Crippen LogP contribution in [0.15, 0.2) is 0 Å². The molecule has 0 radical (unpaired) electrons. The Morgan fingerprint density at radius 3 is 2.38 bits per heavy atom. The molecule has 1 rings (SSSR count). The van der Waals surface area contributed by atoms with Crippen LogP contribution in [0.1, 0.15) is 60.3 Å². The highest BCUT2D eigenvalue weighted by Gasteiger charge is 2.44. The van der Waals surface area contributed by atoms with Crippen LogP contribution in [0.5, 0.6) is 0 Å². The fourth-order valence-corrected chi connectivity index (χ4v) is 3.47. The molecule has 5 nitrogen and oxygen atoms in total. The predicted octanol–water partition coefficient (Wildman–Crippen LogP) is 3.10. The van der Waals surface area contributed by atoms with E-state index < -0.39 is 12.0 Å². The Kier molecular flexibility index (Phi) is 6.05. The van der Waals surface area contributed by atoms with E-state index in [1.165, 1.54) is 4.90 Å². The molecule has 0 bridgehead atoms. The van der Waals surface area contributed by atoms with Gasteiger partial charge < -0.3 is 15.3 Å². The summed E-state index contributed by atoms with van der Waals surface area (Å²) in [7, 11) is 0. The molecule has 0 aromatic carbocycles. The Balaban J connectivity index is 2.82. The summed E-state index contributed by atoms with van der Waals surface area (Å²) in [5.41, 5.74) is -0.389. The number of hydrogen-bond donors (Lipinski definition) is 2. The summed E-state index contributed by atoms with van der Waals surface area (Å²) in [4.78, 5) is 25.6. The summed E-state index contributed by atoms with van der Waals surface area (Å²) in [5, 5.41) is 12.5. The molecule has 2 amide bonds. The first-order valence-electron chi connectivity index (χ1n) is 8.04. The average Bonchev–Trinajstić information content (AvgIpc) is 2.37. The van der Waals surface area contributed by atoms with E-state index in [2.05, 4.69) is 19.2 Å². The second kappa shape index (κ2) is 7.14. The second-order valence-electron chi connectivity index (χ2n) is 6.84. The number of carbonyl (C=O) groups excluding carboxylic acids is 1. The molecular formula is C16H30N2O3. The third-order valence-corrected chi connectivity index (χ3v) is 4.87. The van der Waals surface area contributed by atoms with E-state index in [4.69, 9.17) is 0 Å². The van der Waals surface area contributed by atoms with Gasteiger partial charge in [-0.3, -0.25) is 0 Å². The highest BCUT2D eigenvalue weighted by Crippen LogP contribution is 2.35. The molecule has 2 atom stereocenters. The third kappa shape index (κ3) is 4.11. The molecule has 122 valence electrons. The fourth-order valence-electron chi connectivity index (χ4n) is 3.47. The maximum Gasteiger partial charge on any atom is 0.327 e. The van der Waals surface area contributed by atoms with Gasteiger partial charge in [-0.2, -0.15) is 0 Å². The Morgan fingerprint density at radius 2 is 1.90 bits per heavy atom. The van der Waals surface area contributed by atoms with Gasteiger partial charge in [-0.1, -0.05) is 40.5 Å². The number of urea groups is 1. The smallest absolute Gasteiger partial charge is 0.327 e. The molecule has 21 heavy (non-hydrogen) atoms. The quantitative estimate of drug-likeness (QED) is 0.819. The van der Waals surface area contributed by atoms with E-state index in [1.54, 1.807) is 0 Å². The normalized spacial score (nSPS) is 23.0. The van der Waals surface area contributed by atoms with Crippen molar-refractivity contribution in [3.8, 4) is 0 Å². The van der Waals surface area contributed by atoms with Crippen LogP contribution in [-0.2, 0) is 4.79 Å². The maximum absolute atomic E-state index is 12.5. The lowest BCUT2D eigenvalue weighted by Crippen LogP contribution is -2.60. The first-order chi connectivity index (χ1) is 9.74. The standard InChI is InChI=1S/C16H30N2O3/c1-6-12(7-2)11(3)17-15(21)18-10-8-9-16(4,5)13(18)14(19)20/h11-13H,6-10H2,1-5H3,(H,17,21)(H,19,20). The van der Waals surface area contributed by atoms with Crippen molar-refractivity contribution in [2.24, 2.45) is 11.3 Å². The molecule has 0 spiro atoms. The van der Waals surface area contributed by atoms with Gasteiger partial charge in [0, 0.05) is 12.6 Å². The first-order valence-corrected chi connectivity index (χ1v) is 8.04. The van der Waals surface area contributed by atoms with Crippen molar-refractivity contribution in [3.63, 3.8) is 0 Å². The Morgan fingerprint density at radius 1 is 1.33 bits per heavy atom. The van der Waals surface area contributed by atoms with E-state index in [0.717, 1.165) is 25.7 Å². The zero-order chi connectivity index (χ0) is 16.2. The van der Waals surface area contributed by atoms with Gasteiger partial charge in [-0.05, 0) is 31.1 Å². The number of aliphatic carboxylic acids is 1. The zero-order valence-electron chi connectivity index (χ0n) is 14.0. The minimum atomic E-state index is -0.912. The van der Waals surface area contributed by atoms with Gasteiger partial charge >= 0.3 is 12.0 Å². The molecule has 1 saturated heterocycles. The van der Waals surface area contributed by atoms with Gasteiger partial charge in [0.05, 0.1) is 0 Å². The number of rotatable bonds is 5. The molecule has 0 aromatic rings. The van der Waals surface area contributed by atoms with E-state index in [-0.39, 0.29) is 17.5 Å². The lowest BCUT2D eigenvalue weighted by Gasteiger charge is -2.44. The van der Waals surface area contributed by atoms with Crippen molar-refractivity contribution in [1.29, 1.82) is 0 Å². The van der Waals surface area contributed by atoms with E-state index in [0.29, 0.717) is 12.5 Å². The lowest BCUT2D eigenvalue weighted by molar-refractivity contribution is -0.148. The Hall–Kier alpha value is -1.26. The van der Waals surface area contributed by atoms with Crippen molar-refractivity contribution in [1.82, 2.24) is 10.2 Å². The number of nitrogens with one attached hydrogen (secondary N) is 1. The second-order valence-corrected chi connectivity index (χ2v) is 6.84. The Bertz CT molecular complexity index is 378. The number of piperidine rings is 1. The monoisotopic (exact) mass is 298 g/mol. The molecular weight excluding hydrogens is 268 g/mol.